The first-order valence-electron chi connectivity index (χ1n) is 7.82. The quantitative estimate of drug-likeness (QED) is 0.877. The number of aliphatic hydroxyl groups excluding tert-OH is 1. The fourth-order valence-corrected chi connectivity index (χ4v) is 3.67. The molecule has 0 amide bonds. The molecule has 3 heterocycles. The number of pyridine rings is 1. The molecule has 23 heavy (non-hydrogen) atoms. The lowest BCUT2D eigenvalue weighted by Crippen LogP contribution is -2.46. The molecule has 0 aliphatic carbocycles. The second-order valence-corrected chi connectivity index (χ2v) is 6.66. The van der Waals surface area contributed by atoms with E-state index >= 15 is 0 Å². The van der Waals surface area contributed by atoms with Crippen molar-refractivity contribution in [1.82, 2.24) is 9.88 Å². The standard InChI is InChI=1S/C18H21N3OS/c1-15-4-2-6-19-18(15)21-9-7-20(8-10-21)13-17-12-16(14-23-17)5-3-11-22/h2,4,6,12,14,22H,7-11,13H2,1H3. The molecule has 1 aliphatic rings. The maximum Gasteiger partial charge on any atom is 0.131 e. The van der Waals surface area contributed by atoms with Gasteiger partial charge in [0, 0.05) is 54.7 Å². The van der Waals surface area contributed by atoms with Gasteiger partial charge in [0.05, 0.1) is 0 Å². The van der Waals surface area contributed by atoms with Gasteiger partial charge in [-0.05, 0) is 24.6 Å². The van der Waals surface area contributed by atoms with E-state index in [9.17, 15) is 0 Å². The molecule has 4 nitrogen and oxygen atoms in total. The topological polar surface area (TPSA) is 39.6 Å². The first-order valence-corrected chi connectivity index (χ1v) is 8.70. The fraction of sp³-hybridized carbons (Fsp3) is 0.389. The van der Waals surface area contributed by atoms with E-state index in [0.29, 0.717) is 0 Å². The Bertz CT molecular complexity index is 708. The molecule has 0 aromatic carbocycles. The minimum Gasteiger partial charge on any atom is -0.384 e. The Morgan fingerprint density at radius 2 is 2.13 bits per heavy atom. The molecule has 0 unspecified atom stereocenters. The predicted molar refractivity (Wildman–Crippen MR) is 94.7 cm³/mol. The van der Waals surface area contributed by atoms with Gasteiger partial charge in [0.25, 0.3) is 0 Å². The lowest BCUT2D eigenvalue weighted by Gasteiger charge is -2.35. The normalized spacial score (nSPS) is 15.3. The molecule has 2 aromatic heterocycles. The number of aromatic nitrogens is 1. The Labute approximate surface area is 141 Å². The average molecular weight is 327 g/mol. The van der Waals surface area contributed by atoms with Gasteiger partial charge in [-0.3, -0.25) is 4.90 Å². The Morgan fingerprint density at radius 1 is 1.30 bits per heavy atom. The second kappa shape index (κ2) is 7.60. The van der Waals surface area contributed by atoms with Crippen molar-refractivity contribution in [1.29, 1.82) is 0 Å². The minimum atomic E-state index is -0.0833. The van der Waals surface area contributed by atoms with Crippen molar-refractivity contribution in [3.63, 3.8) is 0 Å². The molecule has 2 aromatic rings. The Kier molecular flexibility index (Phi) is 5.29. The Balaban J connectivity index is 1.55. The Morgan fingerprint density at radius 3 is 2.87 bits per heavy atom. The van der Waals surface area contributed by atoms with E-state index in [-0.39, 0.29) is 6.61 Å². The number of thiophene rings is 1. The third-order valence-corrected chi connectivity index (χ3v) is 4.92. The maximum atomic E-state index is 8.75. The van der Waals surface area contributed by atoms with Crippen LogP contribution in [0.5, 0.6) is 0 Å². The van der Waals surface area contributed by atoms with Gasteiger partial charge in [-0.2, -0.15) is 0 Å². The summed E-state index contributed by atoms with van der Waals surface area (Å²) >= 11 is 1.74. The summed E-state index contributed by atoms with van der Waals surface area (Å²) in [5.74, 6) is 6.77. The van der Waals surface area contributed by atoms with Crippen LogP contribution in [0.25, 0.3) is 0 Å². The number of hydrogen-bond acceptors (Lipinski definition) is 5. The molecular weight excluding hydrogens is 306 g/mol. The summed E-state index contributed by atoms with van der Waals surface area (Å²) in [6, 6.07) is 6.24. The molecule has 3 rings (SSSR count). The zero-order valence-corrected chi connectivity index (χ0v) is 14.1. The van der Waals surface area contributed by atoms with Crippen molar-refractivity contribution >= 4 is 17.2 Å². The van der Waals surface area contributed by atoms with Gasteiger partial charge >= 0.3 is 0 Å². The summed E-state index contributed by atoms with van der Waals surface area (Å²) in [4.78, 5) is 10.7. The van der Waals surface area contributed by atoms with E-state index in [1.54, 1.807) is 11.3 Å². The summed E-state index contributed by atoms with van der Waals surface area (Å²) in [6.07, 6.45) is 1.87. The Hall–Kier alpha value is -1.87. The lowest BCUT2D eigenvalue weighted by molar-refractivity contribution is 0.251. The molecule has 0 spiro atoms. The van der Waals surface area contributed by atoms with Crippen molar-refractivity contribution in [2.75, 3.05) is 37.7 Å². The van der Waals surface area contributed by atoms with Gasteiger partial charge in [-0.25, -0.2) is 4.98 Å². The number of piperazine rings is 1. The van der Waals surface area contributed by atoms with Crippen molar-refractivity contribution in [2.45, 2.75) is 13.5 Å². The molecule has 120 valence electrons. The number of aliphatic hydroxyl groups is 1. The van der Waals surface area contributed by atoms with Gasteiger partial charge < -0.3 is 10.0 Å². The van der Waals surface area contributed by atoms with Crippen molar-refractivity contribution in [3.05, 3.63) is 45.8 Å². The molecule has 1 N–H and O–H groups in total. The van der Waals surface area contributed by atoms with E-state index in [2.05, 4.69) is 51.1 Å². The van der Waals surface area contributed by atoms with Crippen LogP contribution in [-0.4, -0.2) is 47.8 Å². The molecule has 0 atom stereocenters. The van der Waals surface area contributed by atoms with Crippen LogP contribution in [0.3, 0.4) is 0 Å². The maximum absolute atomic E-state index is 8.75. The highest BCUT2D eigenvalue weighted by Crippen LogP contribution is 2.20. The van der Waals surface area contributed by atoms with Crippen LogP contribution in [0.15, 0.2) is 29.8 Å². The van der Waals surface area contributed by atoms with Crippen molar-refractivity contribution in [3.8, 4) is 11.8 Å². The van der Waals surface area contributed by atoms with Gasteiger partial charge in [0.2, 0.25) is 0 Å². The molecule has 0 saturated carbocycles. The van der Waals surface area contributed by atoms with E-state index in [1.807, 2.05) is 12.3 Å². The summed E-state index contributed by atoms with van der Waals surface area (Å²) in [7, 11) is 0. The lowest BCUT2D eigenvalue weighted by atomic mass is 10.2. The van der Waals surface area contributed by atoms with E-state index in [4.69, 9.17) is 5.11 Å². The van der Waals surface area contributed by atoms with Crippen LogP contribution in [-0.2, 0) is 6.54 Å². The van der Waals surface area contributed by atoms with Gasteiger partial charge in [0.15, 0.2) is 0 Å². The van der Waals surface area contributed by atoms with Crippen molar-refractivity contribution < 1.29 is 5.11 Å². The first-order chi connectivity index (χ1) is 11.3. The van der Waals surface area contributed by atoms with Gasteiger partial charge in [-0.1, -0.05) is 17.9 Å². The molecular formula is C18H21N3OS. The second-order valence-electron chi connectivity index (χ2n) is 5.67. The fourth-order valence-electron chi connectivity index (χ4n) is 2.82. The number of hydrogen-bond donors (Lipinski definition) is 1. The van der Waals surface area contributed by atoms with Crippen LogP contribution >= 0.6 is 11.3 Å². The molecule has 0 bridgehead atoms. The van der Waals surface area contributed by atoms with E-state index in [0.717, 1.165) is 44.1 Å². The first kappa shape index (κ1) is 16.0. The van der Waals surface area contributed by atoms with Gasteiger partial charge in [-0.15, -0.1) is 11.3 Å². The molecule has 5 heteroatoms. The predicted octanol–water partition coefficient (Wildman–Crippen LogP) is 2.12. The highest BCUT2D eigenvalue weighted by atomic mass is 32.1. The van der Waals surface area contributed by atoms with Crippen LogP contribution in [0.2, 0.25) is 0 Å². The molecule has 1 aliphatic heterocycles. The third-order valence-electron chi connectivity index (χ3n) is 4.00. The number of anilines is 1. The summed E-state index contributed by atoms with van der Waals surface area (Å²) in [5, 5.41) is 10.8. The van der Waals surface area contributed by atoms with Gasteiger partial charge in [0.1, 0.15) is 12.4 Å². The molecule has 1 fully saturated rings. The zero-order valence-electron chi connectivity index (χ0n) is 13.3. The average Bonchev–Trinajstić information content (AvgIpc) is 3.02. The summed E-state index contributed by atoms with van der Waals surface area (Å²) < 4.78 is 0. The van der Waals surface area contributed by atoms with Crippen LogP contribution in [0.4, 0.5) is 5.82 Å². The van der Waals surface area contributed by atoms with E-state index < -0.39 is 0 Å². The highest BCUT2D eigenvalue weighted by Gasteiger charge is 2.19. The summed E-state index contributed by atoms with van der Waals surface area (Å²) in [5.41, 5.74) is 2.24. The zero-order chi connectivity index (χ0) is 16.1. The van der Waals surface area contributed by atoms with E-state index in [1.165, 1.54) is 10.4 Å². The van der Waals surface area contributed by atoms with Crippen LogP contribution in [0, 0.1) is 18.8 Å². The number of rotatable bonds is 3. The monoisotopic (exact) mass is 327 g/mol. The number of nitrogens with zero attached hydrogens (tertiary/aromatic N) is 3. The summed E-state index contributed by atoms with van der Waals surface area (Å²) in [6.45, 7) is 7.13. The highest BCUT2D eigenvalue weighted by molar-refractivity contribution is 7.10. The van der Waals surface area contributed by atoms with Crippen LogP contribution < -0.4 is 4.90 Å². The SMILES string of the molecule is Cc1cccnc1N1CCN(Cc2cc(C#CCO)cs2)CC1. The smallest absolute Gasteiger partial charge is 0.131 e. The molecule has 1 saturated heterocycles. The number of aryl methyl sites for hydroxylation is 1. The largest absolute Gasteiger partial charge is 0.384 e. The van der Waals surface area contributed by atoms with Crippen LogP contribution in [0.1, 0.15) is 16.0 Å². The minimum absolute atomic E-state index is 0.0833. The van der Waals surface area contributed by atoms with Crippen molar-refractivity contribution in [2.24, 2.45) is 0 Å². The third kappa shape index (κ3) is 4.11. The molecule has 0 radical (unpaired) electrons.